The number of hydrogen-bond acceptors (Lipinski definition) is 6. The lowest BCUT2D eigenvalue weighted by molar-refractivity contribution is -0.118. The zero-order chi connectivity index (χ0) is 22.3. The molecule has 1 saturated heterocycles. The lowest BCUT2D eigenvalue weighted by Gasteiger charge is -2.27. The lowest BCUT2D eigenvalue weighted by atomic mass is 10.2. The van der Waals surface area contributed by atoms with Gasteiger partial charge in [-0.15, -0.1) is 11.8 Å². The molecule has 1 aliphatic rings. The fourth-order valence-electron chi connectivity index (χ4n) is 3.66. The molecule has 0 unspecified atom stereocenters. The van der Waals surface area contributed by atoms with Gasteiger partial charge in [-0.05, 0) is 55.3 Å². The van der Waals surface area contributed by atoms with E-state index in [2.05, 4.69) is 24.0 Å². The Morgan fingerprint density at radius 1 is 1.22 bits per heavy atom. The van der Waals surface area contributed by atoms with E-state index in [0.717, 1.165) is 70.3 Å². The smallest absolute Gasteiger partial charge is 0.229 e. The van der Waals surface area contributed by atoms with Crippen LogP contribution >= 0.6 is 34.7 Å². The van der Waals surface area contributed by atoms with Crippen LogP contribution in [-0.4, -0.2) is 60.9 Å². The Morgan fingerprint density at radius 3 is 2.78 bits per heavy atom. The van der Waals surface area contributed by atoms with Crippen LogP contribution in [0.3, 0.4) is 0 Å². The van der Waals surface area contributed by atoms with Crippen LogP contribution in [0.4, 0.5) is 5.13 Å². The number of benzene rings is 2. The number of nitrogens with zero attached hydrogens (tertiary/aromatic N) is 3. The minimum atomic E-state index is 0.129. The van der Waals surface area contributed by atoms with E-state index in [4.69, 9.17) is 21.3 Å². The van der Waals surface area contributed by atoms with Gasteiger partial charge in [-0.1, -0.05) is 29.0 Å². The Morgan fingerprint density at radius 2 is 2.00 bits per heavy atom. The third kappa shape index (κ3) is 6.45. The van der Waals surface area contributed by atoms with Crippen molar-refractivity contribution in [2.24, 2.45) is 0 Å². The second-order valence-corrected chi connectivity index (χ2v) is 10.5. The Hall–Kier alpha value is -1.64. The van der Waals surface area contributed by atoms with Gasteiger partial charge in [-0.3, -0.25) is 14.6 Å². The number of aryl methyl sites for hydroxylation is 1. The van der Waals surface area contributed by atoms with E-state index in [1.807, 2.05) is 35.2 Å². The van der Waals surface area contributed by atoms with Gasteiger partial charge in [0.2, 0.25) is 5.91 Å². The zero-order valence-electron chi connectivity index (χ0n) is 18.3. The molecule has 0 saturated carbocycles. The van der Waals surface area contributed by atoms with E-state index >= 15 is 0 Å². The third-order valence-corrected chi connectivity index (χ3v) is 7.73. The normalized spacial score (nSPS) is 14.7. The highest BCUT2D eigenvalue weighted by Crippen LogP contribution is 2.30. The molecule has 0 spiro atoms. The maximum absolute atomic E-state index is 13.2. The van der Waals surface area contributed by atoms with Gasteiger partial charge in [0, 0.05) is 48.3 Å². The molecule has 1 aliphatic heterocycles. The summed E-state index contributed by atoms with van der Waals surface area (Å²) in [6.07, 6.45) is 1.39. The highest BCUT2D eigenvalue weighted by Gasteiger charge is 2.20. The van der Waals surface area contributed by atoms with Crippen LogP contribution in [-0.2, 0) is 9.53 Å². The number of rotatable bonds is 9. The number of anilines is 1. The van der Waals surface area contributed by atoms with Crippen molar-refractivity contribution in [3.8, 4) is 0 Å². The molecule has 3 aromatic rings. The molecule has 0 radical (unpaired) electrons. The molecule has 2 heterocycles. The molecule has 1 fully saturated rings. The first kappa shape index (κ1) is 23.5. The van der Waals surface area contributed by atoms with Crippen LogP contribution in [0.1, 0.15) is 18.4 Å². The Labute approximate surface area is 202 Å². The molecule has 0 N–H and O–H groups in total. The summed E-state index contributed by atoms with van der Waals surface area (Å²) in [6, 6.07) is 14.0. The van der Waals surface area contributed by atoms with Gasteiger partial charge >= 0.3 is 0 Å². The second-order valence-electron chi connectivity index (χ2n) is 7.87. The van der Waals surface area contributed by atoms with E-state index in [-0.39, 0.29) is 5.91 Å². The summed E-state index contributed by atoms with van der Waals surface area (Å²) in [5.74, 6) is 0.856. The third-order valence-electron chi connectivity index (χ3n) is 5.42. The Kier molecular flexibility index (Phi) is 8.43. The molecule has 170 valence electrons. The van der Waals surface area contributed by atoms with Gasteiger partial charge in [0.05, 0.1) is 23.4 Å². The van der Waals surface area contributed by atoms with Crippen molar-refractivity contribution in [1.29, 1.82) is 0 Å². The van der Waals surface area contributed by atoms with Crippen molar-refractivity contribution in [2.45, 2.75) is 24.7 Å². The molecule has 0 aliphatic carbocycles. The summed E-state index contributed by atoms with van der Waals surface area (Å²) in [4.78, 5) is 23.4. The van der Waals surface area contributed by atoms with Crippen LogP contribution in [0.2, 0.25) is 5.02 Å². The van der Waals surface area contributed by atoms with Gasteiger partial charge in [0.15, 0.2) is 5.13 Å². The van der Waals surface area contributed by atoms with E-state index in [1.165, 1.54) is 5.56 Å². The highest BCUT2D eigenvalue weighted by molar-refractivity contribution is 7.99. The van der Waals surface area contributed by atoms with E-state index in [1.54, 1.807) is 23.1 Å². The average Bonchev–Trinajstić information content (AvgIpc) is 3.21. The van der Waals surface area contributed by atoms with E-state index in [9.17, 15) is 4.79 Å². The first-order valence-electron chi connectivity index (χ1n) is 10.9. The van der Waals surface area contributed by atoms with Crippen molar-refractivity contribution in [2.75, 3.05) is 50.0 Å². The summed E-state index contributed by atoms with van der Waals surface area (Å²) in [6.45, 7) is 7.25. The van der Waals surface area contributed by atoms with Crippen molar-refractivity contribution >= 4 is 56.0 Å². The average molecular weight is 490 g/mol. The first-order chi connectivity index (χ1) is 15.6. The van der Waals surface area contributed by atoms with Crippen LogP contribution in [0.5, 0.6) is 0 Å². The maximum atomic E-state index is 13.2. The number of thioether (sulfide) groups is 1. The Balaban J connectivity index is 1.41. The number of amides is 1. The molecule has 32 heavy (non-hydrogen) atoms. The molecule has 4 rings (SSSR count). The van der Waals surface area contributed by atoms with Crippen LogP contribution in [0.15, 0.2) is 47.4 Å². The van der Waals surface area contributed by atoms with Gasteiger partial charge in [-0.25, -0.2) is 4.98 Å². The maximum Gasteiger partial charge on any atom is 0.229 e. The minimum absolute atomic E-state index is 0.129. The van der Waals surface area contributed by atoms with Crippen molar-refractivity contribution in [3.63, 3.8) is 0 Å². The van der Waals surface area contributed by atoms with Gasteiger partial charge in [0.25, 0.3) is 0 Å². The number of fused-ring (bicyclic) bond motifs is 1. The summed E-state index contributed by atoms with van der Waals surface area (Å²) in [5.41, 5.74) is 2.16. The number of carbonyl (C=O) groups excluding carboxylic acids is 1. The number of halogens is 1. The van der Waals surface area contributed by atoms with Crippen LogP contribution in [0, 0.1) is 6.92 Å². The van der Waals surface area contributed by atoms with Crippen LogP contribution < -0.4 is 4.90 Å². The zero-order valence-corrected chi connectivity index (χ0v) is 20.6. The number of carbonyl (C=O) groups is 1. The first-order valence-corrected chi connectivity index (χ1v) is 13.1. The molecule has 1 aromatic heterocycles. The molecular weight excluding hydrogens is 462 g/mol. The van der Waals surface area contributed by atoms with Crippen molar-refractivity contribution in [3.05, 3.63) is 53.1 Å². The summed E-state index contributed by atoms with van der Waals surface area (Å²) in [5, 5.41) is 1.53. The summed E-state index contributed by atoms with van der Waals surface area (Å²) < 4.78 is 6.57. The molecule has 5 nitrogen and oxygen atoms in total. The standard InChI is InChI=1S/C24H28ClN3O2S2/c1-18-3-8-21-22(17-18)32-24(26-21)28(11-2-10-27-12-14-30-15-13-27)23(29)9-16-31-20-6-4-19(25)5-7-20/h3-8,17H,2,9-16H2,1H3. The highest BCUT2D eigenvalue weighted by atomic mass is 35.5. The Bertz CT molecular complexity index is 1040. The van der Waals surface area contributed by atoms with Crippen LogP contribution in [0.25, 0.3) is 10.2 Å². The lowest BCUT2D eigenvalue weighted by Crippen LogP contribution is -2.39. The fourth-order valence-corrected chi connectivity index (χ4v) is 5.74. The number of thiazole rings is 1. The summed E-state index contributed by atoms with van der Waals surface area (Å²) in [7, 11) is 0. The monoisotopic (exact) mass is 489 g/mol. The van der Waals surface area contributed by atoms with Gasteiger partial charge in [0.1, 0.15) is 0 Å². The van der Waals surface area contributed by atoms with E-state index < -0.39 is 0 Å². The SMILES string of the molecule is Cc1ccc2nc(N(CCCN3CCOCC3)C(=O)CCSc3ccc(Cl)cc3)sc2c1. The predicted octanol–water partition coefficient (Wildman–Crippen LogP) is 5.50. The minimum Gasteiger partial charge on any atom is -0.379 e. The van der Waals surface area contributed by atoms with E-state index in [0.29, 0.717) is 13.0 Å². The molecule has 2 aromatic carbocycles. The van der Waals surface area contributed by atoms with Gasteiger partial charge in [-0.2, -0.15) is 0 Å². The quantitative estimate of drug-likeness (QED) is 0.371. The number of ether oxygens (including phenoxy) is 1. The predicted molar refractivity (Wildman–Crippen MR) is 135 cm³/mol. The van der Waals surface area contributed by atoms with Crippen molar-refractivity contribution < 1.29 is 9.53 Å². The molecule has 8 heteroatoms. The topological polar surface area (TPSA) is 45.7 Å². The molecule has 1 amide bonds. The largest absolute Gasteiger partial charge is 0.379 e. The molecular formula is C24H28ClN3O2S2. The molecule has 0 bridgehead atoms. The van der Waals surface area contributed by atoms with Crippen molar-refractivity contribution in [1.82, 2.24) is 9.88 Å². The number of morpholine rings is 1. The summed E-state index contributed by atoms with van der Waals surface area (Å²) >= 11 is 9.25. The molecule has 0 atom stereocenters. The number of hydrogen-bond donors (Lipinski definition) is 0. The second kappa shape index (κ2) is 11.5. The number of aromatic nitrogens is 1. The fraction of sp³-hybridized carbons (Fsp3) is 0.417. The van der Waals surface area contributed by atoms with Gasteiger partial charge < -0.3 is 4.74 Å².